The van der Waals surface area contributed by atoms with Gasteiger partial charge in [-0.3, -0.25) is 0 Å². The van der Waals surface area contributed by atoms with Gasteiger partial charge in [-0.05, 0) is 38.3 Å². The van der Waals surface area contributed by atoms with Gasteiger partial charge in [0.1, 0.15) is 6.10 Å². The van der Waals surface area contributed by atoms with Crippen molar-refractivity contribution in [3.05, 3.63) is 30.1 Å². The van der Waals surface area contributed by atoms with Crippen molar-refractivity contribution in [2.75, 3.05) is 26.2 Å². The highest BCUT2D eigenvalue weighted by Gasteiger charge is 2.16. The molecule has 2 unspecified atom stereocenters. The molecule has 0 amide bonds. The zero-order valence-electron chi connectivity index (χ0n) is 14.6. The SMILES string of the molecule is CCNC(=NCC(CC)Oc1ccccc1F)NCC1CCCO1. The summed E-state index contributed by atoms with van der Waals surface area (Å²) in [5.74, 6) is 0.670. The quantitative estimate of drug-likeness (QED) is 0.566. The smallest absolute Gasteiger partial charge is 0.191 e. The number of nitrogens with one attached hydrogen (secondary N) is 2. The van der Waals surface area contributed by atoms with Crippen LogP contribution in [0.4, 0.5) is 4.39 Å². The molecule has 1 heterocycles. The third-order valence-corrected chi connectivity index (χ3v) is 3.90. The molecular formula is C18H28FN3O2. The second-order valence-corrected chi connectivity index (χ2v) is 5.81. The van der Waals surface area contributed by atoms with Gasteiger partial charge >= 0.3 is 0 Å². The molecule has 2 N–H and O–H groups in total. The maximum Gasteiger partial charge on any atom is 0.191 e. The van der Waals surface area contributed by atoms with E-state index in [1.807, 2.05) is 13.8 Å². The summed E-state index contributed by atoms with van der Waals surface area (Å²) in [6.07, 6.45) is 3.04. The van der Waals surface area contributed by atoms with Crippen LogP contribution in [-0.2, 0) is 4.74 Å². The monoisotopic (exact) mass is 337 g/mol. The Bertz CT molecular complexity index is 519. The van der Waals surface area contributed by atoms with Gasteiger partial charge in [-0.25, -0.2) is 9.38 Å². The number of guanidine groups is 1. The van der Waals surface area contributed by atoms with E-state index in [0.717, 1.165) is 44.9 Å². The van der Waals surface area contributed by atoms with Crippen LogP contribution in [0.25, 0.3) is 0 Å². The number of para-hydroxylation sites is 1. The van der Waals surface area contributed by atoms with Crippen LogP contribution >= 0.6 is 0 Å². The third kappa shape index (κ3) is 6.00. The fourth-order valence-electron chi connectivity index (χ4n) is 2.52. The van der Waals surface area contributed by atoms with E-state index in [4.69, 9.17) is 9.47 Å². The number of nitrogens with zero attached hydrogens (tertiary/aromatic N) is 1. The van der Waals surface area contributed by atoms with Crippen molar-refractivity contribution in [1.82, 2.24) is 10.6 Å². The molecule has 24 heavy (non-hydrogen) atoms. The van der Waals surface area contributed by atoms with Gasteiger partial charge in [0.15, 0.2) is 17.5 Å². The lowest BCUT2D eigenvalue weighted by Gasteiger charge is -2.18. The molecule has 1 fully saturated rings. The Balaban J connectivity index is 1.88. The molecule has 0 bridgehead atoms. The van der Waals surface area contributed by atoms with E-state index >= 15 is 0 Å². The zero-order valence-corrected chi connectivity index (χ0v) is 14.6. The zero-order chi connectivity index (χ0) is 17.2. The summed E-state index contributed by atoms with van der Waals surface area (Å²) in [5.41, 5.74) is 0. The number of aliphatic imine (C=N–C) groups is 1. The number of benzene rings is 1. The van der Waals surface area contributed by atoms with Crippen LogP contribution in [0.1, 0.15) is 33.1 Å². The Morgan fingerprint density at radius 2 is 2.21 bits per heavy atom. The molecule has 5 nitrogen and oxygen atoms in total. The first-order valence-electron chi connectivity index (χ1n) is 8.77. The molecular weight excluding hydrogens is 309 g/mol. The van der Waals surface area contributed by atoms with Crippen molar-refractivity contribution in [2.24, 2.45) is 4.99 Å². The number of ether oxygens (including phenoxy) is 2. The average molecular weight is 337 g/mol. The number of rotatable bonds is 8. The summed E-state index contributed by atoms with van der Waals surface area (Å²) in [5, 5.41) is 6.52. The molecule has 0 aromatic heterocycles. The van der Waals surface area contributed by atoms with E-state index in [2.05, 4.69) is 15.6 Å². The summed E-state index contributed by atoms with van der Waals surface area (Å²) in [6.45, 7) is 6.86. The highest BCUT2D eigenvalue weighted by Crippen LogP contribution is 2.18. The van der Waals surface area contributed by atoms with Gasteiger partial charge in [-0.15, -0.1) is 0 Å². The maximum atomic E-state index is 13.7. The van der Waals surface area contributed by atoms with Crippen molar-refractivity contribution in [2.45, 2.75) is 45.3 Å². The molecule has 6 heteroatoms. The van der Waals surface area contributed by atoms with Gasteiger partial charge in [0.2, 0.25) is 0 Å². The van der Waals surface area contributed by atoms with Gasteiger partial charge < -0.3 is 20.1 Å². The lowest BCUT2D eigenvalue weighted by atomic mass is 10.2. The highest BCUT2D eigenvalue weighted by molar-refractivity contribution is 5.79. The molecule has 1 aliphatic rings. The minimum atomic E-state index is -0.344. The Labute approximate surface area is 143 Å². The molecule has 1 saturated heterocycles. The summed E-state index contributed by atoms with van der Waals surface area (Å²) in [7, 11) is 0. The Hall–Kier alpha value is -1.82. The van der Waals surface area contributed by atoms with Crippen LogP contribution in [0.3, 0.4) is 0 Å². The Morgan fingerprint density at radius 3 is 2.88 bits per heavy atom. The van der Waals surface area contributed by atoms with Crippen molar-refractivity contribution in [3.63, 3.8) is 0 Å². The van der Waals surface area contributed by atoms with Crippen LogP contribution in [0, 0.1) is 5.82 Å². The average Bonchev–Trinajstić information content (AvgIpc) is 3.11. The topological polar surface area (TPSA) is 54.9 Å². The maximum absolute atomic E-state index is 13.7. The molecule has 1 aromatic rings. The molecule has 1 aliphatic heterocycles. The van der Waals surface area contributed by atoms with E-state index in [-0.39, 0.29) is 23.8 Å². The number of hydrogen-bond donors (Lipinski definition) is 2. The largest absolute Gasteiger partial charge is 0.485 e. The van der Waals surface area contributed by atoms with Crippen molar-refractivity contribution in [3.8, 4) is 5.75 Å². The van der Waals surface area contributed by atoms with Crippen LogP contribution in [0.15, 0.2) is 29.3 Å². The first kappa shape index (κ1) is 18.5. The second kappa shape index (κ2) is 10.1. The molecule has 134 valence electrons. The molecule has 0 radical (unpaired) electrons. The fraction of sp³-hybridized carbons (Fsp3) is 0.611. The predicted molar refractivity (Wildman–Crippen MR) is 94.1 cm³/mol. The van der Waals surface area contributed by atoms with E-state index in [1.54, 1.807) is 18.2 Å². The van der Waals surface area contributed by atoms with Crippen molar-refractivity contribution < 1.29 is 13.9 Å². The molecule has 2 atom stereocenters. The van der Waals surface area contributed by atoms with Crippen LogP contribution in [0.5, 0.6) is 5.75 Å². The second-order valence-electron chi connectivity index (χ2n) is 5.81. The summed E-state index contributed by atoms with van der Waals surface area (Å²) < 4.78 is 25.0. The Kier molecular flexibility index (Phi) is 7.82. The minimum Gasteiger partial charge on any atom is -0.485 e. The fourth-order valence-corrected chi connectivity index (χ4v) is 2.52. The summed E-state index contributed by atoms with van der Waals surface area (Å²) >= 11 is 0. The van der Waals surface area contributed by atoms with Gasteiger partial charge in [0.25, 0.3) is 0 Å². The van der Waals surface area contributed by atoms with Gasteiger partial charge in [-0.1, -0.05) is 19.1 Å². The summed E-state index contributed by atoms with van der Waals surface area (Å²) in [6, 6.07) is 6.46. The molecule has 0 spiro atoms. The van der Waals surface area contributed by atoms with Gasteiger partial charge in [-0.2, -0.15) is 0 Å². The lowest BCUT2D eigenvalue weighted by Crippen LogP contribution is -2.41. The highest BCUT2D eigenvalue weighted by atomic mass is 19.1. The Morgan fingerprint density at radius 1 is 1.38 bits per heavy atom. The van der Waals surface area contributed by atoms with E-state index in [1.165, 1.54) is 6.07 Å². The standard InChI is InChI=1S/C18H28FN3O2/c1-3-14(24-17-10-6-5-9-16(17)19)12-21-18(20-4-2)22-13-15-8-7-11-23-15/h5-6,9-10,14-15H,3-4,7-8,11-13H2,1-2H3,(H2,20,21,22). The van der Waals surface area contributed by atoms with Gasteiger partial charge in [0.05, 0.1) is 12.6 Å². The van der Waals surface area contributed by atoms with E-state index in [0.29, 0.717) is 6.54 Å². The van der Waals surface area contributed by atoms with Crippen LogP contribution in [-0.4, -0.2) is 44.4 Å². The van der Waals surface area contributed by atoms with Crippen LogP contribution in [0.2, 0.25) is 0 Å². The van der Waals surface area contributed by atoms with Crippen molar-refractivity contribution >= 4 is 5.96 Å². The van der Waals surface area contributed by atoms with Gasteiger partial charge in [0, 0.05) is 19.7 Å². The number of hydrogen-bond acceptors (Lipinski definition) is 3. The van der Waals surface area contributed by atoms with E-state index < -0.39 is 0 Å². The number of halogens is 1. The normalized spacial score (nSPS) is 19.1. The third-order valence-electron chi connectivity index (χ3n) is 3.90. The van der Waals surface area contributed by atoms with E-state index in [9.17, 15) is 4.39 Å². The predicted octanol–water partition coefficient (Wildman–Crippen LogP) is 2.72. The van der Waals surface area contributed by atoms with Crippen molar-refractivity contribution in [1.29, 1.82) is 0 Å². The lowest BCUT2D eigenvalue weighted by molar-refractivity contribution is 0.113. The summed E-state index contributed by atoms with van der Waals surface area (Å²) in [4.78, 5) is 4.56. The first-order chi connectivity index (χ1) is 11.7. The molecule has 2 rings (SSSR count). The minimum absolute atomic E-state index is 0.167. The molecule has 1 aromatic carbocycles. The van der Waals surface area contributed by atoms with Crippen LogP contribution < -0.4 is 15.4 Å². The first-order valence-corrected chi connectivity index (χ1v) is 8.77. The molecule has 0 saturated carbocycles. The molecule has 0 aliphatic carbocycles.